The van der Waals surface area contributed by atoms with Crippen molar-refractivity contribution >= 4 is 10.1 Å². The molecule has 1 rings (SSSR count). The van der Waals surface area contributed by atoms with E-state index in [-0.39, 0.29) is 6.08 Å². The van der Waals surface area contributed by atoms with Crippen LogP contribution in [0.2, 0.25) is 0 Å². The van der Waals surface area contributed by atoms with E-state index in [9.17, 15) is 38.8 Å². The van der Waals surface area contributed by atoms with Gasteiger partial charge in [-0.15, -0.1) is 0 Å². The molecule has 0 aromatic rings. The van der Waals surface area contributed by atoms with E-state index in [1.54, 1.807) is 0 Å². The van der Waals surface area contributed by atoms with Crippen LogP contribution in [-0.4, -0.2) is 39.4 Å². The van der Waals surface area contributed by atoms with Crippen molar-refractivity contribution in [2.75, 3.05) is 0 Å². The van der Waals surface area contributed by atoms with Gasteiger partial charge < -0.3 is 0 Å². The van der Waals surface area contributed by atoms with Crippen molar-refractivity contribution in [1.29, 1.82) is 0 Å². The third kappa shape index (κ3) is 2.15. The maximum Gasteiger partial charge on any atom is 0.547 e. The van der Waals surface area contributed by atoms with Crippen LogP contribution in [0.4, 0.5) is 0 Å². The Bertz CT molecular complexity index is 604. The summed E-state index contributed by atoms with van der Waals surface area (Å²) in [7, 11) is -5.20. The molecule has 0 aromatic carbocycles. The summed E-state index contributed by atoms with van der Waals surface area (Å²) in [6, 6.07) is -2.86. The van der Waals surface area contributed by atoms with Gasteiger partial charge in [-0.1, -0.05) is 0 Å². The minimum Gasteiger partial charge on any atom is -0.282 e. The van der Waals surface area contributed by atoms with Crippen molar-refractivity contribution in [3.63, 3.8) is 0 Å². The highest BCUT2D eigenvalue weighted by molar-refractivity contribution is 7.89. The Morgan fingerprint density at radius 3 is 1.95 bits per heavy atom. The fourth-order valence-corrected chi connectivity index (χ4v) is 2.34. The minimum absolute atomic E-state index is 0.287. The second-order valence-corrected chi connectivity index (χ2v) is 4.81. The van der Waals surface area contributed by atoms with Crippen molar-refractivity contribution in [2.45, 2.75) is 11.7 Å². The maximum atomic E-state index is 10.9. The summed E-state index contributed by atoms with van der Waals surface area (Å²) in [6.45, 7) is 0. The average molecular weight is 295 g/mol. The van der Waals surface area contributed by atoms with Gasteiger partial charge in [-0.25, -0.2) is 0 Å². The van der Waals surface area contributed by atoms with Crippen molar-refractivity contribution in [2.24, 2.45) is 0 Å². The van der Waals surface area contributed by atoms with Crippen molar-refractivity contribution in [3.05, 3.63) is 53.5 Å². The Labute approximate surface area is 104 Å². The van der Waals surface area contributed by atoms with E-state index in [1.165, 1.54) is 0 Å². The molecule has 0 bridgehead atoms. The van der Waals surface area contributed by atoms with E-state index in [1.807, 2.05) is 0 Å². The lowest BCUT2D eigenvalue weighted by atomic mass is 9.96. The summed E-state index contributed by atoms with van der Waals surface area (Å²) in [5, 5.41) is 32.4. The van der Waals surface area contributed by atoms with Crippen LogP contribution in [0.1, 0.15) is 0 Å². The van der Waals surface area contributed by atoms with E-state index >= 15 is 0 Å². The zero-order chi connectivity index (χ0) is 15.0. The highest BCUT2D eigenvalue weighted by atomic mass is 32.2. The van der Waals surface area contributed by atoms with Crippen LogP contribution >= 0.6 is 0 Å². The van der Waals surface area contributed by atoms with Crippen LogP contribution in [0.25, 0.3) is 0 Å². The van der Waals surface area contributed by atoms with Gasteiger partial charge >= 0.3 is 11.7 Å². The molecule has 0 amide bonds. The number of nitrogens with zero attached hydrogens (tertiary/aromatic N) is 3. The lowest BCUT2D eigenvalue weighted by Gasteiger charge is -2.20. The quantitative estimate of drug-likeness (QED) is 0.300. The Morgan fingerprint density at radius 1 is 1.16 bits per heavy atom. The number of hydrogen-bond donors (Lipinski definition) is 1. The highest BCUT2D eigenvalue weighted by Gasteiger charge is 2.72. The number of allylic oxidation sites excluding steroid dienone is 2. The Kier molecular flexibility index (Phi) is 3.36. The SMILES string of the molecule is O=[N+]([O-])C1C(S(=O)(=O)O)=CC=CC1([N+](=O)[O-])[N+](=O)[O-]. The number of nitro groups is 3. The molecule has 0 spiro atoms. The smallest absolute Gasteiger partial charge is 0.282 e. The first kappa shape index (κ1) is 14.7. The molecule has 0 fully saturated rings. The van der Waals surface area contributed by atoms with Crippen LogP contribution in [0.5, 0.6) is 0 Å². The Hall–Kier alpha value is -2.41. The van der Waals surface area contributed by atoms with Crippen LogP contribution in [0, 0.1) is 30.3 Å². The van der Waals surface area contributed by atoms with Gasteiger partial charge in [-0.3, -0.25) is 34.9 Å². The predicted octanol–water partition coefficient (Wildman–Crippen LogP) is -0.777. The largest absolute Gasteiger partial charge is 0.547 e. The normalized spacial score (nSPS) is 21.5. The molecular weight excluding hydrogens is 290 g/mol. The van der Waals surface area contributed by atoms with Crippen molar-refractivity contribution in [1.82, 2.24) is 0 Å². The average Bonchev–Trinajstić information content (AvgIpc) is 2.25. The standard InChI is InChI=1S/C6H5N3O9S/c10-7(11)5-4(19(16,17)18)2-1-3-6(5,8(12)13)9(14)15/h1-3,5H,(H,16,17,18). The molecule has 0 saturated heterocycles. The lowest BCUT2D eigenvalue weighted by Crippen LogP contribution is -2.59. The summed E-state index contributed by atoms with van der Waals surface area (Å²) in [5.74, 6) is 0. The third-order valence-electron chi connectivity index (χ3n) is 2.37. The molecule has 1 unspecified atom stereocenters. The van der Waals surface area contributed by atoms with Crippen LogP contribution in [0.3, 0.4) is 0 Å². The van der Waals surface area contributed by atoms with Gasteiger partial charge in [0.15, 0.2) is 4.91 Å². The first-order valence-electron chi connectivity index (χ1n) is 4.34. The molecule has 1 aliphatic rings. The van der Waals surface area contributed by atoms with Gasteiger partial charge in [-0.2, -0.15) is 8.42 Å². The maximum absolute atomic E-state index is 10.9. The molecule has 12 nitrogen and oxygen atoms in total. The molecule has 0 saturated carbocycles. The fourth-order valence-electron chi connectivity index (χ4n) is 1.55. The van der Waals surface area contributed by atoms with Gasteiger partial charge in [0.2, 0.25) is 0 Å². The second-order valence-electron chi connectivity index (χ2n) is 3.39. The van der Waals surface area contributed by atoms with E-state index < -0.39 is 41.5 Å². The molecule has 104 valence electrons. The van der Waals surface area contributed by atoms with Crippen LogP contribution in [0.15, 0.2) is 23.1 Å². The van der Waals surface area contributed by atoms with Gasteiger partial charge in [0, 0.05) is 4.92 Å². The third-order valence-corrected chi connectivity index (χ3v) is 3.32. The summed E-state index contributed by atoms with van der Waals surface area (Å²) in [5.41, 5.74) is -3.50. The first-order chi connectivity index (χ1) is 8.55. The Balaban J connectivity index is 3.66. The van der Waals surface area contributed by atoms with Gasteiger partial charge in [0.05, 0.1) is 6.08 Å². The van der Waals surface area contributed by atoms with E-state index in [2.05, 4.69) is 0 Å². The molecule has 1 aliphatic carbocycles. The summed E-state index contributed by atoms with van der Waals surface area (Å²) in [6.07, 6.45) is 1.37. The molecule has 19 heavy (non-hydrogen) atoms. The molecule has 13 heteroatoms. The van der Waals surface area contributed by atoms with E-state index in [4.69, 9.17) is 4.55 Å². The highest BCUT2D eigenvalue weighted by Crippen LogP contribution is 2.32. The van der Waals surface area contributed by atoms with Gasteiger partial charge in [0.1, 0.15) is 9.85 Å². The number of hydrogen-bond acceptors (Lipinski definition) is 8. The topological polar surface area (TPSA) is 184 Å². The summed E-state index contributed by atoms with van der Waals surface area (Å²) in [4.78, 5) is 26.3. The molecule has 0 aliphatic heterocycles. The monoisotopic (exact) mass is 295 g/mol. The Morgan fingerprint density at radius 2 is 1.63 bits per heavy atom. The lowest BCUT2D eigenvalue weighted by molar-refractivity contribution is -0.815. The zero-order valence-corrected chi connectivity index (χ0v) is 9.59. The predicted molar refractivity (Wildman–Crippen MR) is 56.3 cm³/mol. The molecule has 1 atom stereocenters. The summed E-state index contributed by atoms with van der Waals surface area (Å²) < 4.78 is 30.7. The summed E-state index contributed by atoms with van der Waals surface area (Å²) >= 11 is 0. The molecule has 0 radical (unpaired) electrons. The van der Waals surface area contributed by atoms with Gasteiger partial charge in [-0.05, 0) is 12.2 Å². The first-order valence-corrected chi connectivity index (χ1v) is 5.78. The minimum atomic E-state index is -5.20. The molecule has 0 aromatic heterocycles. The van der Waals surface area contributed by atoms with Crippen LogP contribution in [-0.2, 0) is 10.1 Å². The van der Waals surface area contributed by atoms with E-state index in [0.717, 1.165) is 0 Å². The van der Waals surface area contributed by atoms with Crippen molar-refractivity contribution < 1.29 is 27.7 Å². The fraction of sp³-hybridized carbons (Fsp3) is 0.333. The van der Waals surface area contributed by atoms with Crippen LogP contribution < -0.4 is 0 Å². The van der Waals surface area contributed by atoms with Crippen molar-refractivity contribution in [3.8, 4) is 0 Å². The molecule has 1 N–H and O–H groups in total. The van der Waals surface area contributed by atoms with Gasteiger partial charge in [0.25, 0.3) is 10.1 Å². The molecule has 0 heterocycles. The van der Waals surface area contributed by atoms with E-state index in [0.29, 0.717) is 12.2 Å². The second kappa shape index (κ2) is 4.36. The number of rotatable bonds is 4. The zero-order valence-electron chi connectivity index (χ0n) is 8.77. The molecular formula is C6H5N3O9S.